The Bertz CT molecular complexity index is 607. The molecular weight excluding hydrogens is 302 g/mol. The fourth-order valence-electron chi connectivity index (χ4n) is 2.71. The van der Waals surface area contributed by atoms with Crippen LogP contribution in [-0.4, -0.2) is 36.9 Å². The number of carbonyl (C=O) groups is 2. The molecule has 1 aromatic rings. The number of hydrogen-bond acceptors (Lipinski definition) is 3. The molecular formula is C19H29N3O2. The SMILES string of the molecule is CCC(=O)N(Cc1cc(NC(=O)C(C)C)ccc1N(C)C)C1CC1. The Labute approximate surface area is 145 Å². The average Bonchev–Trinajstić information content (AvgIpc) is 3.36. The van der Waals surface area contributed by atoms with E-state index in [2.05, 4.69) is 5.32 Å². The van der Waals surface area contributed by atoms with Crippen molar-refractivity contribution >= 4 is 23.2 Å². The van der Waals surface area contributed by atoms with E-state index in [0.29, 0.717) is 19.0 Å². The molecule has 0 aliphatic heterocycles. The highest BCUT2D eigenvalue weighted by Crippen LogP contribution is 2.32. The van der Waals surface area contributed by atoms with E-state index in [-0.39, 0.29) is 17.7 Å². The Morgan fingerprint density at radius 2 is 1.92 bits per heavy atom. The molecule has 1 aliphatic rings. The number of anilines is 2. The first kappa shape index (κ1) is 18.3. The van der Waals surface area contributed by atoms with Gasteiger partial charge in [-0.3, -0.25) is 9.59 Å². The van der Waals surface area contributed by atoms with E-state index in [4.69, 9.17) is 0 Å². The van der Waals surface area contributed by atoms with Crippen molar-refractivity contribution in [3.63, 3.8) is 0 Å². The van der Waals surface area contributed by atoms with Gasteiger partial charge in [-0.2, -0.15) is 0 Å². The van der Waals surface area contributed by atoms with Crippen molar-refractivity contribution in [1.82, 2.24) is 4.90 Å². The molecule has 0 bridgehead atoms. The topological polar surface area (TPSA) is 52.7 Å². The predicted octanol–water partition coefficient (Wildman–Crippen LogP) is 3.25. The first-order valence-electron chi connectivity index (χ1n) is 8.74. The Kier molecular flexibility index (Phi) is 5.86. The van der Waals surface area contributed by atoms with Gasteiger partial charge in [0.2, 0.25) is 11.8 Å². The minimum Gasteiger partial charge on any atom is -0.377 e. The van der Waals surface area contributed by atoms with Crippen molar-refractivity contribution in [2.75, 3.05) is 24.3 Å². The monoisotopic (exact) mass is 331 g/mol. The van der Waals surface area contributed by atoms with Crippen molar-refractivity contribution in [1.29, 1.82) is 0 Å². The van der Waals surface area contributed by atoms with Gasteiger partial charge in [-0.1, -0.05) is 20.8 Å². The van der Waals surface area contributed by atoms with Crippen LogP contribution in [0, 0.1) is 5.92 Å². The molecule has 132 valence electrons. The van der Waals surface area contributed by atoms with Gasteiger partial charge in [0.1, 0.15) is 0 Å². The van der Waals surface area contributed by atoms with E-state index < -0.39 is 0 Å². The third-order valence-electron chi connectivity index (χ3n) is 4.30. The summed E-state index contributed by atoms with van der Waals surface area (Å²) in [5, 5.41) is 2.95. The summed E-state index contributed by atoms with van der Waals surface area (Å²) in [5.74, 6) is 0.132. The summed E-state index contributed by atoms with van der Waals surface area (Å²) in [5.41, 5.74) is 2.93. The van der Waals surface area contributed by atoms with Crippen molar-refractivity contribution in [3.05, 3.63) is 23.8 Å². The normalized spacial score (nSPS) is 13.8. The summed E-state index contributed by atoms with van der Waals surface area (Å²) in [6, 6.07) is 6.30. The Hall–Kier alpha value is -2.04. The predicted molar refractivity (Wildman–Crippen MR) is 98.1 cm³/mol. The molecule has 24 heavy (non-hydrogen) atoms. The van der Waals surface area contributed by atoms with E-state index >= 15 is 0 Å². The number of benzene rings is 1. The molecule has 0 radical (unpaired) electrons. The zero-order valence-electron chi connectivity index (χ0n) is 15.4. The minimum atomic E-state index is -0.0633. The van der Waals surface area contributed by atoms with Crippen LogP contribution in [0.4, 0.5) is 11.4 Å². The maximum absolute atomic E-state index is 12.3. The Morgan fingerprint density at radius 3 is 2.42 bits per heavy atom. The van der Waals surface area contributed by atoms with Crippen LogP contribution in [0.3, 0.4) is 0 Å². The second-order valence-corrected chi connectivity index (χ2v) is 6.99. The Morgan fingerprint density at radius 1 is 1.25 bits per heavy atom. The summed E-state index contributed by atoms with van der Waals surface area (Å²) in [6.07, 6.45) is 2.71. The van der Waals surface area contributed by atoms with Crippen molar-refractivity contribution < 1.29 is 9.59 Å². The standard InChI is InChI=1S/C19H29N3O2/c1-6-18(23)22(16-8-9-16)12-14-11-15(20-19(24)13(2)3)7-10-17(14)21(4)5/h7,10-11,13,16H,6,8-9,12H2,1-5H3,(H,20,24). The number of hydrogen-bond donors (Lipinski definition) is 1. The zero-order valence-corrected chi connectivity index (χ0v) is 15.4. The van der Waals surface area contributed by atoms with Crippen molar-refractivity contribution in [3.8, 4) is 0 Å². The molecule has 1 aromatic carbocycles. The van der Waals surface area contributed by atoms with Gasteiger partial charge in [0.15, 0.2) is 0 Å². The van der Waals surface area contributed by atoms with Gasteiger partial charge in [-0.15, -0.1) is 0 Å². The van der Waals surface area contributed by atoms with Crippen LogP contribution < -0.4 is 10.2 Å². The van der Waals surface area contributed by atoms with Crippen LogP contribution in [0.2, 0.25) is 0 Å². The highest BCUT2D eigenvalue weighted by atomic mass is 16.2. The highest BCUT2D eigenvalue weighted by molar-refractivity contribution is 5.92. The summed E-state index contributed by atoms with van der Waals surface area (Å²) in [4.78, 5) is 28.3. The van der Waals surface area contributed by atoms with Gasteiger partial charge in [-0.05, 0) is 36.6 Å². The largest absolute Gasteiger partial charge is 0.377 e. The summed E-state index contributed by atoms with van der Waals surface area (Å²) >= 11 is 0. The van der Waals surface area contributed by atoms with Crippen molar-refractivity contribution in [2.24, 2.45) is 5.92 Å². The molecule has 2 amide bonds. The molecule has 0 atom stereocenters. The molecule has 2 rings (SSSR count). The van der Waals surface area contributed by atoms with E-state index in [1.165, 1.54) is 0 Å². The van der Waals surface area contributed by atoms with Crippen LogP contribution >= 0.6 is 0 Å². The molecule has 1 N–H and O–H groups in total. The van der Waals surface area contributed by atoms with Gasteiger partial charge in [0.25, 0.3) is 0 Å². The lowest BCUT2D eigenvalue weighted by Crippen LogP contribution is -2.32. The van der Waals surface area contributed by atoms with Gasteiger partial charge in [-0.25, -0.2) is 0 Å². The van der Waals surface area contributed by atoms with Crippen LogP contribution in [0.5, 0.6) is 0 Å². The molecule has 0 aromatic heterocycles. The van der Waals surface area contributed by atoms with E-state index in [1.807, 2.05) is 62.9 Å². The van der Waals surface area contributed by atoms with Crippen LogP contribution in [0.1, 0.15) is 45.6 Å². The molecule has 0 heterocycles. The van der Waals surface area contributed by atoms with Crippen LogP contribution in [-0.2, 0) is 16.1 Å². The van der Waals surface area contributed by atoms with E-state index in [1.54, 1.807) is 0 Å². The molecule has 1 saturated carbocycles. The van der Waals surface area contributed by atoms with E-state index in [9.17, 15) is 9.59 Å². The lowest BCUT2D eigenvalue weighted by Gasteiger charge is -2.26. The molecule has 0 unspecified atom stereocenters. The number of rotatable bonds is 7. The second-order valence-electron chi connectivity index (χ2n) is 6.99. The molecule has 5 heteroatoms. The maximum Gasteiger partial charge on any atom is 0.226 e. The lowest BCUT2D eigenvalue weighted by molar-refractivity contribution is -0.132. The van der Waals surface area contributed by atoms with Crippen molar-refractivity contribution in [2.45, 2.75) is 52.6 Å². The number of carbonyl (C=O) groups excluding carboxylic acids is 2. The lowest BCUT2D eigenvalue weighted by atomic mass is 10.1. The summed E-state index contributed by atoms with van der Waals surface area (Å²) < 4.78 is 0. The van der Waals surface area contributed by atoms with Crippen LogP contribution in [0.25, 0.3) is 0 Å². The molecule has 0 saturated heterocycles. The zero-order chi connectivity index (χ0) is 17.9. The fourth-order valence-corrected chi connectivity index (χ4v) is 2.71. The van der Waals surface area contributed by atoms with Crippen LogP contribution in [0.15, 0.2) is 18.2 Å². The molecule has 1 aliphatic carbocycles. The smallest absolute Gasteiger partial charge is 0.226 e. The van der Waals surface area contributed by atoms with Gasteiger partial charge in [0.05, 0.1) is 0 Å². The highest BCUT2D eigenvalue weighted by Gasteiger charge is 2.32. The fraction of sp³-hybridized carbons (Fsp3) is 0.579. The van der Waals surface area contributed by atoms with Gasteiger partial charge >= 0.3 is 0 Å². The molecule has 5 nitrogen and oxygen atoms in total. The molecule has 1 fully saturated rings. The van der Waals surface area contributed by atoms with Gasteiger partial charge < -0.3 is 15.1 Å². The third-order valence-corrected chi connectivity index (χ3v) is 4.30. The third kappa shape index (κ3) is 4.49. The second kappa shape index (κ2) is 7.69. The van der Waals surface area contributed by atoms with Gasteiger partial charge in [0, 0.05) is 50.4 Å². The number of nitrogens with one attached hydrogen (secondary N) is 1. The average molecular weight is 331 g/mol. The molecule has 0 spiro atoms. The maximum atomic E-state index is 12.3. The number of nitrogens with zero attached hydrogens (tertiary/aromatic N) is 2. The Balaban J connectivity index is 2.27. The number of amides is 2. The first-order valence-corrected chi connectivity index (χ1v) is 8.74. The van der Waals surface area contributed by atoms with E-state index in [0.717, 1.165) is 29.8 Å². The summed E-state index contributed by atoms with van der Waals surface area (Å²) in [7, 11) is 3.99. The quantitative estimate of drug-likeness (QED) is 0.834. The minimum absolute atomic E-state index is 0.00207. The first-order chi connectivity index (χ1) is 11.3. The summed E-state index contributed by atoms with van der Waals surface area (Å²) in [6.45, 7) is 6.25.